The Bertz CT molecular complexity index is 689. The van der Waals surface area contributed by atoms with Crippen LogP contribution in [0.15, 0.2) is 30.6 Å². The Morgan fingerprint density at radius 1 is 1.48 bits per heavy atom. The molecule has 1 heterocycles. The molecule has 2 N–H and O–H groups in total. The molecule has 0 saturated heterocycles. The number of nitro groups is 1. The first-order valence-corrected chi connectivity index (χ1v) is 6.05. The van der Waals surface area contributed by atoms with E-state index in [1.807, 2.05) is 0 Å². The van der Waals surface area contributed by atoms with E-state index in [0.717, 1.165) is 0 Å². The molecule has 1 unspecified atom stereocenters. The number of nitrogens with one attached hydrogen (secondary N) is 1. The van der Waals surface area contributed by atoms with Crippen molar-refractivity contribution in [2.24, 2.45) is 0 Å². The molecular weight excluding hydrogens is 278 g/mol. The zero-order chi connectivity index (χ0) is 15.4. The Labute approximate surface area is 119 Å². The fourth-order valence-corrected chi connectivity index (χ4v) is 1.96. The number of anilines is 1. The number of carbonyl (C=O) groups is 1. The van der Waals surface area contributed by atoms with E-state index in [9.17, 15) is 14.9 Å². The Hall–Kier alpha value is -2.74. The summed E-state index contributed by atoms with van der Waals surface area (Å²) < 4.78 is 4.82. The molecule has 0 spiro atoms. The second-order valence-electron chi connectivity index (χ2n) is 4.25. The first kappa shape index (κ1) is 14.7. The summed E-state index contributed by atoms with van der Waals surface area (Å²) in [4.78, 5) is 25.4. The van der Waals surface area contributed by atoms with Gasteiger partial charge in [0.25, 0.3) is 5.69 Å². The summed E-state index contributed by atoms with van der Waals surface area (Å²) >= 11 is 0. The summed E-state index contributed by atoms with van der Waals surface area (Å²) in [7, 11) is 1.30. The number of aromatic nitrogens is 1. The maximum Gasteiger partial charge on any atom is 0.334 e. The highest BCUT2D eigenvalue weighted by molar-refractivity contribution is 5.99. The van der Waals surface area contributed by atoms with Crippen LogP contribution in [0.25, 0.3) is 10.8 Å². The van der Waals surface area contributed by atoms with Crippen LogP contribution in [0.2, 0.25) is 0 Å². The molecule has 0 aliphatic rings. The summed E-state index contributed by atoms with van der Waals surface area (Å²) in [6.07, 6.45) is 1.95. The number of aliphatic carboxylic acids is 1. The second kappa shape index (κ2) is 6.14. The van der Waals surface area contributed by atoms with E-state index in [-0.39, 0.29) is 12.2 Å². The molecule has 0 aliphatic carbocycles. The number of carboxylic acid groups (broad SMARTS) is 1. The first-order valence-electron chi connectivity index (χ1n) is 6.05. The van der Waals surface area contributed by atoms with Crippen molar-refractivity contribution in [3.63, 3.8) is 0 Å². The highest BCUT2D eigenvalue weighted by Gasteiger charge is 2.18. The summed E-state index contributed by atoms with van der Waals surface area (Å²) in [5.74, 6) is -1.09. The van der Waals surface area contributed by atoms with Gasteiger partial charge in [-0.2, -0.15) is 0 Å². The van der Waals surface area contributed by atoms with Gasteiger partial charge in [0.05, 0.1) is 16.9 Å². The van der Waals surface area contributed by atoms with Crippen LogP contribution < -0.4 is 5.32 Å². The number of hydrogen-bond acceptors (Lipinski definition) is 6. The van der Waals surface area contributed by atoms with E-state index in [2.05, 4.69) is 10.3 Å². The highest BCUT2D eigenvalue weighted by atomic mass is 16.6. The number of non-ortho nitro benzene ring substituents is 1. The van der Waals surface area contributed by atoms with Gasteiger partial charge in [-0.25, -0.2) is 4.79 Å². The maximum atomic E-state index is 11.0. The summed E-state index contributed by atoms with van der Waals surface area (Å²) in [5, 5.41) is 23.8. The second-order valence-corrected chi connectivity index (χ2v) is 4.25. The maximum absolute atomic E-state index is 11.0. The van der Waals surface area contributed by atoms with Crippen molar-refractivity contribution in [1.82, 2.24) is 4.98 Å². The van der Waals surface area contributed by atoms with Gasteiger partial charge in [-0.1, -0.05) is 0 Å². The summed E-state index contributed by atoms with van der Waals surface area (Å²) in [6.45, 7) is 0.0354. The van der Waals surface area contributed by atoms with Gasteiger partial charge in [0, 0.05) is 36.6 Å². The van der Waals surface area contributed by atoms with Gasteiger partial charge in [-0.05, 0) is 12.1 Å². The van der Waals surface area contributed by atoms with Gasteiger partial charge in [0.1, 0.15) is 0 Å². The smallest absolute Gasteiger partial charge is 0.334 e. The largest absolute Gasteiger partial charge is 0.479 e. The number of pyridine rings is 1. The number of carboxylic acids is 1. The lowest BCUT2D eigenvalue weighted by molar-refractivity contribution is -0.383. The van der Waals surface area contributed by atoms with E-state index < -0.39 is 17.0 Å². The van der Waals surface area contributed by atoms with Gasteiger partial charge in [-0.15, -0.1) is 0 Å². The fourth-order valence-electron chi connectivity index (χ4n) is 1.96. The van der Waals surface area contributed by atoms with Crippen LogP contribution in [-0.4, -0.2) is 40.7 Å². The van der Waals surface area contributed by atoms with Crippen molar-refractivity contribution in [3.05, 3.63) is 40.7 Å². The highest BCUT2D eigenvalue weighted by Crippen LogP contribution is 2.30. The average molecular weight is 291 g/mol. The average Bonchev–Trinajstić information content (AvgIpc) is 2.47. The lowest BCUT2D eigenvalue weighted by Crippen LogP contribution is -2.30. The van der Waals surface area contributed by atoms with Crippen LogP contribution in [0, 0.1) is 10.1 Å². The first-order chi connectivity index (χ1) is 10.0. The minimum absolute atomic E-state index is 0.0283. The van der Waals surface area contributed by atoms with E-state index in [0.29, 0.717) is 16.5 Å². The molecule has 1 atom stereocenters. The van der Waals surface area contributed by atoms with E-state index in [1.165, 1.54) is 31.6 Å². The minimum atomic E-state index is -1.09. The third-order valence-electron chi connectivity index (χ3n) is 3.03. The van der Waals surface area contributed by atoms with Crippen LogP contribution in [0.3, 0.4) is 0 Å². The van der Waals surface area contributed by atoms with Gasteiger partial charge < -0.3 is 15.2 Å². The van der Waals surface area contributed by atoms with Gasteiger partial charge in [-0.3, -0.25) is 15.1 Å². The molecule has 0 radical (unpaired) electrons. The van der Waals surface area contributed by atoms with Gasteiger partial charge in [0.2, 0.25) is 0 Å². The fraction of sp³-hybridized carbons (Fsp3) is 0.231. The van der Waals surface area contributed by atoms with Gasteiger partial charge in [0.15, 0.2) is 6.10 Å². The number of rotatable bonds is 6. The monoisotopic (exact) mass is 291 g/mol. The Morgan fingerprint density at radius 2 is 2.24 bits per heavy atom. The van der Waals surface area contributed by atoms with Crippen LogP contribution >= 0.6 is 0 Å². The number of benzene rings is 1. The molecule has 0 saturated carbocycles. The predicted octanol–water partition coefficient (Wildman–Crippen LogP) is 1.65. The quantitative estimate of drug-likeness (QED) is 0.614. The lowest BCUT2D eigenvalue weighted by atomic mass is 10.1. The zero-order valence-electron chi connectivity index (χ0n) is 11.1. The zero-order valence-corrected chi connectivity index (χ0v) is 11.1. The summed E-state index contributed by atoms with van der Waals surface area (Å²) in [6, 6.07) is 4.44. The van der Waals surface area contributed by atoms with Crippen molar-refractivity contribution in [2.75, 3.05) is 19.0 Å². The van der Waals surface area contributed by atoms with Gasteiger partial charge >= 0.3 is 5.97 Å². The predicted molar refractivity (Wildman–Crippen MR) is 75.3 cm³/mol. The van der Waals surface area contributed by atoms with Crippen LogP contribution in [0.4, 0.5) is 11.4 Å². The summed E-state index contributed by atoms with van der Waals surface area (Å²) in [5.41, 5.74) is 0.534. The molecule has 1 aromatic heterocycles. The van der Waals surface area contributed by atoms with Crippen molar-refractivity contribution < 1.29 is 19.6 Å². The molecule has 110 valence electrons. The molecule has 0 bridgehead atoms. The van der Waals surface area contributed by atoms with E-state index in [1.54, 1.807) is 6.07 Å². The van der Waals surface area contributed by atoms with Crippen LogP contribution in [0.1, 0.15) is 0 Å². The van der Waals surface area contributed by atoms with Crippen molar-refractivity contribution in [2.45, 2.75) is 6.10 Å². The SMILES string of the molecule is COC(CNc1ccc([N+](=O)[O-])c2ccncc12)C(=O)O. The number of nitro benzene ring substituents is 1. The number of ether oxygens (including phenoxy) is 1. The third kappa shape index (κ3) is 3.06. The molecule has 8 heteroatoms. The van der Waals surface area contributed by atoms with E-state index >= 15 is 0 Å². The van der Waals surface area contributed by atoms with Crippen molar-refractivity contribution in [1.29, 1.82) is 0 Å². The molecule has 2 aromatic rings. The molecule has 21 heavy (non-hydrogen) atoms. The number of fused-ring (bicyclic) bond motifs is 1. The molecule has 1 aromatic carbocycles. The molecule has 0 amide bonds. The molecule has 2 rings (SSSR count). The lowest BCUT2D eigenvalue weighted by Gasteiger charge is -2.14. The topological polar surface area (TPSA) is 115 Å². The van der Waals surface area contributed by atoms with Crippen LogP contribution in [0.5, 0.6) is 0 Å². The molecule has 0 aliphatic heterocycles. The standard InChI is InChI=1S/C13H13N3O5/c1-21-12(13(17)18)7-15-10-2-3-11(16(19)20)8-4-5-14-6-9(8)10/h2-6,12,15H,7H2,1H3,(H,17,18). The molecule has 0 fully saturated rings. The third-order valence-corrected chi connectivity index (χ3v) is 3.03. The Morgan fingerprint density at radius 3 is 2.86 bits per heavy atom. The number of methoxy groups -OCH3 is 1. The number of nitrogens with zero attached hydrogens (tertiary/aromatic N) is 2. The molecular formula is C13H13N3O5. The van der Waals surface area contributed by atoms with Crippen molar-refractivity contribution in [3.8, 4) is 0 Å². The van der Waals surface area contributed by atoms with E-state index in [4.69, 9.17) is 9.84 Å². The number of hydrogen-bond donors (Lipinski definition) is 2. The molecule has 8 nitrogen and oxygen atoms in total. The normalized spacial score (nSPS) is 12.0. The minimum Gasteiger partial charge on any atom is -0.479 e. The van der Waals surface area contributed by atoms with Crippen molar-refractivity contribution >= 4 is 28.1 Å². The van der Waals surface area contributed by atoms with Crippen LogP contribution in [-0.2, 0) is 9.53 Å². The Kier molecular flexibility index (Phi) is 4.29. The Balaban J connectivity index is 2.35.